The maximum Gasteiger partial charge on any atom is 0.339 e. The number of nitrogens with zero attached hydrogens (tertiary/aromatic N) is 3. The van der Waals surface area contributed by atoms with Gasteiger partial charge in [0.2, 0.25) is 18.1 Å². The van der Waals surface area contributed by atoms with Gasteiger partial charge >= 0.3 is 29.9 Å². The Balaban J connectivity index is 1.71. The normalized spacial score (nSPS) is 27.2. The number of hydroxylamine groups is 1. The highest BCUT2D eigenvalue weighted by Gasteiger charge is 2.56. The van der Waals surface area contributed by atoms with Crippen molar-refractivity contribution in [3.8, 4) is 0 Å². The molecule has 1 N–H and O–H groups in total. The number of imide groups is 1. The summed E-state index contributed by atoms with van der Waals surface area (Å²) in [6, 6.07) is -0.643. The fourth-order valence-corrected chi connectivity index (χ4v) is 7.49. The van der Waals surface area contributed by atoms with Gasteiger partial charge in [-0.2, -0.15) is 0 Å². The highest BCUT2D eigenvalue weighted by atomic mass is 16.8. The Kier molecular flexibility index (Phi) is 13.8. The Hall–Kier alpha value is -4.32. The molecule has 4 fully saturated rings. The third-order valence-electron chi connectivity index (χ3n) is 10.5. The van der Waals surface area contributed by atoms with Gasteiger partial charge in [-0.1, -0.05) is 25.7 Å². The van der Waals surface area contributed by atoms with Crippen LogP contribution in [0.25, 0.3) is 0 Å². The minimum atomic E-state index is -1.87. The van der Waals surface area contributed by atoms with Crippen molar-refractivity contribution in [3.63, 3.8) is 0 Å². The molecule has 4 aliphatic rings. The molecule has 296 valence electrons. The van der Waals surface area contributed by atoms with Gasteiger partial charge in [0.15, 0.2) is 24.4 Å². The third kappa shape index (κ3) is 9.62. The summed E-state index contributed by atoms with van der Waals surface area (Å²) >= 11 is 0. The van der Waals surface area contributed by atoms with Crippen molar-refractivity contribution in [2.75, 3.05) is 33.8 Å². The van der Waals surface area contributed by atoms with Crippen LogP contribution in [-0.2, 0) is 62.1 Å². The summed E-state index contributed by atoms with van der Waals surface area (Å²) < 4.78 is 26.6. The van der Waals surface area contributed by atoms with Crippen molar-refractivity contribution >= 4 is 47.6 Å². The number of hydrogen-bond donors (Lipinski definition) is 1. The fraction of sp³-hybridized carbons (Fsp3) is 0.771. The molecule has 5 amide bonds. The van der Waals surface area contributed by atoms with Gasteiger partial charge in [-0.05, 0) is 45.4 Å². The molecule has 18 heteroatoms. The molecule has 7 atom stereocenters. The number of methoxy groups -OCH3 is 1. The summed E-state index contributed by atoms with van der Waals surface area (Å²) in [5, 5.41) is 0. The number of ether oxygens (including phenoxy) is 5. The smallest absolute Gasteiger partial charge is 0.339 e. The lowest BCUT2D eigenvalue weighted by atomic mass is 9.81. The first-order valence-corrected chi connectivity index (χ1v) is 18.1. The van der Waals surface area contributed by atoms with E-state index >= 15 is 0 Å². The average Bonchev–Trinajstić information content (AvgIpc) is 3.68. The minimum absolute atomic E-state index is 0.118. The van der Waals surface area contributed by atoms with E-state index in [2.05, 4.69) is 5.48 Å². The fourth-order valence-electron chi connectivity index (χ4n) is 7.49. The molecule has 53 heavy (non-hydrogen) atoms. The zero-order chi connectivity index (χ0) is 39.2. The van der Waals surface area contributed by atoms with Crippen molar-refractivity contribution in [2.24, 2.45) is 17.8 Å². The van der Waals surface area contributed by atoms with Gasteiger partial charge < -0.3 is 33.5 Å². The number of amides is 5. The minimum Gasteiger partial charge on any atom is -0.467 e. The van der Waals surface area contributed by atoms with E-state index in [9.17, 15) is 38.4 Å². The molecule has 1 saturated carbocycles. The van der Waals surface area contributed by atoms with Crippen LogP contribution in [0.15, 0.2) is 0 Å². The molecule has 4 rings (SSSR count). The summed E-state index contributed by atoms with van der Waals surface area (Å²) in [4.78, 5) is 115. The molecule has 0 aromatic rings. The van der Waals surface area contributed by atoms with Crippen molar-refractivity contribution in [1.82, 2.24) is 20.2 Å². The number of nitrogens with one attached hydrogen (secondary N) is 1. The summed E-state index contributed by atoms with van der Waals surface area (Å²) in [7, 11) is 2.50. The van der Waals surface area contributed by atoms with Crippen LogP contribution in [0.4, 0.5) is 4.79 Å². The number of hydrogen-bond acceptors (Lipinski definition) is 14. The number of carbonyl (C=O) groups excluding carboxylic acids is 8. The van der Waals surface area contributed by atoms with Gasteiger partial charge in [-0.3, -0.25) is 33.7 Å². The zero-order valence-corrected chi connectivity index (χ0v) is 31.5. The number of likely N-dealkylation sites (N-methyl/N-ethyl adjacent to an activating group) is 1. The van der Waals surface area contributed by atoms with Crippen LogP contribution >= 0.6 is 0 Å². The van der Waals surface area contributed by atoms with Gasteiger partial charge in [-0.15, -0.1) is 0 Å². The predicted molar refractivity (Wildman–Crippen MR) is 180 cm³/mol. The van der Waals surface area contributed by atoms with Crippen molar-refractivity contribution in [1.29, 1.82) is 0 Å². The molecule has 3 aliphatic heterocycles. The van der Waals surface area contributed by atoms with E-state index in [-0.39, 0.29) is 11.8 Å². The second kappa shape index (κ2) is 17.7. The van der Waals surface area contributed by atoms with Crippen LogP contribution in [0, 0.1) is 17.8 Å². The van der Waals surface area contributed by atoms with E-state index in [0.717, 1.165) is 77.7 Å². The first kappa shape index (κ1) is 41.4. The van der Waals surface area contributed by atoms with Crippen LogP contribution in [0.2, 0.25) is 0 Å². The van der Waals surface area contributed by atoms with Crippen molar-refractivity contribution in [2.45, 2.75) is 122 Å². The van der Waals surface area contributed by atoms with Gasteiger partial charge in [0, 0.05) is 47.5 Å². The summed E-state index contributed by atoms with van der Waals surface area (Å²) in [6.45, 7) is 6.80. The maximum atomic E-state index is 14.4. The van der Waals surface area contributed by atoms with Crippen LogP contribution < -0.4 is 5.48 Å². The lowest BCUT2D eigenvalue weighted by molar-refractivity contribution is -0.312. The van der Waals surface area contributed by atoms with Crippen molar-refractivity contribution in [3.05, 3.63) is 0 Å². The topological polar surface area (TPSA) is 214 Å². The maximum absolute atomic E-state index is 14.4. The lowest BCUT2D eigenvalue weighted by Gasteiger charge is -2.43. The average molecular weight is 753 g/mol. The number of urea groups is 1. The summed E-state index contributed by atoms with van der Waals surface area (Å²) in [5.74, 6) is -7.68. The largest absolute Gasteiger partial charge is 0.467 e. The molecule has 0 radical (unpaired) electrons. The van der Waals surface area contributed by atoms with Gasteiger partial charge in [-0.25, -0.2) is 19.9 Å². The van der Waals surface area contributed by atoms with Gasteiger partial charge in [0.25, 0.3) is 5.91 Å². The Morgan fingerprint density at radius 2 is 1.40 bits per heavy atom. The van der Waals surface area contributed by atoms with E-state index in [0.29, 0.717) is 19.5 Å². The Morgan fingerprint density at radius 3 is 1.92 bits per heavy atom. The first-order valence-electron chi connectivity index (χ1n) is 18.1. The third-order valence-corrected chi connectivity index (χ3v) is 10.5. The number of rotatable bonds is 13. The highest BCUT2D eigenvalue weighted by Crippen LogP contribution is 2.37. The van der Waals surface area contributed by atoms with E-state index in [4.69, 9.17) is 28.5 Å². The quantitative estimate of drug-likeness (QED) is 0.121. The molecule has 0 spiro atoms. The number of carbonyl (C=O) groups is 8. The first-order chi connectivity index (χ1) is 25.0. The monoisotopic (exact) mass is 752 g/mol. The lowest BCUT2D eigenvalue weighted by Crippen LogP contribution is -2.64. The van der Waals surface area contributed by atoms with E-state index in [1.807, 2.05) is 0 Å². The molecular formula is C35H52N4O14. The van der Waals surface area contributed by atoms with E-state index in [1.54, 1.807) is 18.7 Å². The molecule has 0 aromatic carbocycles. The Bertz CT molecular complexity index is 1420. The molecule has 3 heterocycles. The zero-order valence-electron chi connectivity index (χ0n) is 31.5. The van der Waals surface area contributed by atoms with Gasteiger partial charge in [0.1, 0.15) is 5.54 Å². The second-order valence-electron chi connectivity index (χ2n) is 14.6. The Labute approximate surface area is 308 Å². The summed E-state index contributed by atoms with van der Waals surface area (Å²) in [5.41, 5.74) is 1.06. The molecule has 0 unspecified atom stereocenters. The molecule has 0 bridgehead atoms. The van der Waals surface area contributed by atoms with Crippen molar-refractivity contribution < 1.29 is 66.9 Å². The van der Waals surface area contributed by atoms with Crippen LogP contribution in [0.5, 0.6) is 0 Å². The van der Waals surface area contributed by atoms with Crippen LogP contribution in [0.1, 0.15) is 86.0 Å². The highest BCUT2D eigenvalue weighted by molar-refractivity contribution is 6.06. The standard InChI is InChI=1S/C35H52N4O14/c1-19(40)49-25-26(50-20(2)41)28(51-21(3)42)32(52-27(25)31(45)48-7)53-36-29(43)24(18-39-33(46)35(4,5)37(6)34(39)47)23(17-22-13-9-10-14-22)30(44)38-15-11-8-12-16-38/h22-28,32H,8-18H2,1-7H3,(H,36,43)/t23-,24-,25+,26+,27+,28-,32+/m1/s1. The van der Waals surface area contributed by atoms with Crippen LogP contribution in [0.3, 0.4) is 0 Å². The van der Waals surface area contributed by atoms with Gasteiger partial charge in [0.05, 0.1) is 18.9 Å². The predicted octanol–water partition coefficient (Wildman–Crippen LogP) is 1.23. The molecule has 1 aliphatic carbocycles. The van der Waals surface area contributed by atoms with E-state index in [1.165, 1.54) is 11.9 Å². The SMILES string of the molecule is COC(=O)[C@H]1O[C@@H](ONC(=O)[C@H](CN2C(=O)N(C)C(C)(C)C2=O)[C@@H](CC2CCCC2)C(=O)N2CCCCC2)[C@H](OC(C)=O)[C@@H](OC(C)=O)[C@@H]1OC(C)=O. The number of likely N-dealkylation sites (tertiary alicyclic amines) is 1. The number of esters is 4. The van der Waals surface area contributed by atoms with E-state index < -0.39 is 96.3 Å². The number of piperidine rings is 1. The molecule has 3 saturated heterocycles. The van der Waals surface area contributed by atoms with Crippen LogP contribution in [-0.4, -0.2) is 132 Å². The Morgan fingerprint density at radius 1 is 0.830 bits per heavy atom. The second-order valence-corrected chi connectivity index (χ2v) is 14.6. The molecular weight excluding hydrogens is 700 g/mol. The summed E-state index contributed by atoms with van der Waals surface area (Å²) in [6.07, 6.45) is -2.21. The molecule has 0 aromatic heterocycles. The molecule has 18 nitrogen and oxygen atoms in total.